The Morgan fingerprint density at radius 1 is 1.25 bits per heavy atom. The average Bonchev–Trinajstić information content (AvgIpc) is 2.84. The van der Waals surface area contributed by atoms with E-state index in [1.54, 1.807) is 6.07 Å². The first-order valence-corrected chi connectivity index (χ1v) is 7.46. The van der Waals surface area contributed by atoms with Gasteiger partial charge in [0.05, 0.1) is 5.69 Å². The van der Waals surface area contributed by atoms with E-state index in [2.05, 4.69) is 31.0 Å². The molecule has 0 fully saturated rings. The van der Waals surface area contributed by atoms with Crippen LogP contribution in [-0.2, 0) is 0 Å². The second-order valence-electron chi connectivity index (χ2n) is 6.25. The molecule has 1 aromatic heterocycles. The van der Waals surface area contributed by atoms with E-state index in [4.69, 9.17) is 0 Å². The van der Waals surface area contributed by atoms with Crippen molar-refractivity contribution in [3.8, 4) is 17.0 Å². The van der Waals surface area contributed by atoms with Crippen LogP contribution in [0, 0.1) is 5.92 Å². The number of phenols is 1. The summed E-state index contributed by atoms with van der Waals surface area (Å²) in [5.74, 6) is 1.96. The smallest absolute Gasteiger partial charge is 0.125 e. The van der Waals surface area contributed by atoms with E-state index in [1.165, 1.54) is 24.1 Å². The third-order valence-corrected chi connectivity index (χ3v) is 4.57. The van der Waals surface area contributed by atoms with Crippen LogP contribution in [0.4, 0.5) is 0 Å². The van der Waals surface area contributed by atoms with Crippen LogP contribution >= 0.6 is 0 Å². The predicted octanol–water partition coefficient (Wildman–Crippen LogP) is 4.42. The molecule has 2 aromatic rings. The molecular weight excluding hydrogens is 248 g/mol. The van der Waals surface area contributed by atoms with Crippen LogP contribution in [0.25, 0.3) is 11.3 Å². The molecule has 0 saturated heterocycles. The molecule has 2 atom stereocenters. The van der Waals surface area contributed by atoms with E-state index in [9.17, 15) is 5.11 Å². The SMILES string of the molecule is CC(C)[C@@H]1CC[C@H](C)c2c(-c3ccccc3O)n[nH]c21. The summed E-state index contributed by atoms with van der Waals surface area (Å²) in [6.07, 6.45) is 2.41. The summed E-state index contributed by atoms with van der Waals surface area (Å²) in [4.78, 5) is 0. The van der Waals surface area contributed by atoms with Gasteiger partial charge in [0.25, 0.3) is 0 Å². The Bertz CT molecular complexity index is 615. The van der Waals surface area contributed by atoms with Gasteiger partial charge in [-0.2, -0.15) is 5.10 Å². The van der Waals surface area contributed by atoms with Crippen molar-refractivity contribution in [1.29, 1.82) is 0 Å². The van der Waals surface area contributed by atoms with E-state index in [-0.39, 0.29) is 0 Å². The minimum absolute atomic E-state index is 0.306. The van der Waals surface area contributed by atoms with E-state index >= 15 is 0 Å². The molecule has 1 aliphatic rings. The molecule has 0 radical (unpaired) electrons. The highest BCUT2D eigenvalue weighted by atomic mass is 16.3. The Morgan fingerprint density at radius 3 is 2.70 bits per heavy atom. The van der Waals surface area contributed by atoms with E-state index < -0.39 is 0 Å². The van der Waals surface area contributed by atoms with Crippen LogP contribution in [0.5, 0.6) is 5.75 Å². The molecule has 1 heterocycles. The molecule has 106 valence electrons. The van der Waals surface area contributed by atoms with Gasteiger partial charge in [0.1, 0.15) is 5.75 Å². The van der Waals surface area contributed by atoms with E-state index in [0.717, 1.165) is 11.3 Å². The van der Waals surface area contributed by atoms with Crippen molar-refractivity contribution in [2.75, 3.05) is 0 Å². The Hall–Kier alpha value is -1.77. The van der Waals surface area contributed by atoms with Crippen molar-refractivity contribution < 1.29 is 5.11 Å². The quantitative estimate of drug-likeness (QED) is 0.848. The first-order chi connectivity index (χ1) is 9.59. The van der Waals surface area contributed by atoms with Gasteiger partial charge in [0.2, 0.25) is 0 Å². The fourth-order valence-corrected chi connectivity index (χ4v) is 3.41. The second-order valence-corrected chi connectivity index (χ2v) is 6.25. The molecule has 3 rings (SSSR count). The first-order valence-electron chi connectivity index (χ1n) is 7.46. The predicted molar refractivity (Wildman–Crippen MR) is 80.9 cm³/mol. The van der Waals surface area contributed by atoms with Gasteiger partial charge >= 0.3 is 0 Å². The van der Waals surface area contributed by atoms with Crippen LogP contribution in [0.15, 0.2) is 24.3 Å². The number of H-pyrrole nitrogens is 1. The lowest BCUT2D eigenvalue weighted by molar-refractivity contribution is 0.403. The van der Waals surface area contributed by atoms with Crippen LogP contribution in [0.1, 0.15) is 56.7 Å². The number of nitrogens with zero attached hydrogens (tertiary/aromatic N) is 1. The summed E-state index contributed by atoms with van der Waals surface area (Å²) in [6, 6.07) is 7.46. The van der Waals surface area contributed by atoms with Gasteiger partial charge in [0, 0.05) is 22.7 Å². The third kappa shape index (κ3) is 2.01. The Labute approximate surface area is 120 Å². The monoisotopic (exact) mass is 270 g/mol. The molecule has 2 N–H and O–H groups in total. The fraction of sp³-hybridized carbons (Fsp3) is 0.471. The number of aromatic amines is 1. The number of rotatable bonds is 2. The lowest BCUT2D eigenvalue weighted by Gasteiger charge is -2.29. The number of phenolic OH excluding ortho intramolecular Hbond substituents is 1. The van der Waals surface area contributed by atoms with Crippen LogP contribution < -0.4 is 0 Å². The standard InChI is InChI=1S/C17H22N2O/c1-10(2)12-9-8-11(3)15-16(12)18-19-17(15)13-6-4-5-7-14(13)20/h4-7,10-12,20H,8-9H2,1-3H3,(H,18,19)/t11-,12-/m0/s1. The Morgan fingerprint density at radius 2 is 2.00 bits per heavy atom. The maximum absolute atomic E-state index is 10.1. The van der Waals surface area contributed by atoms with Gasteiger partial charge in [0.15, 0.2) is 0 Å². The summed E-state index contributed by atoms with van der Waals surface area (Å²) in [5.41, 5.74) is 4.34. The number of aromatic nitrogens is 2. The minimum atomic E-state index is 0.306. The van der Waals surface area contributed by atoms with Crippen molar-refractivity contribution in [3.05, 3.63) is 35.5 Å². The number of hydrogen-bond acceptors (Lipinski definition) is 2. The summed E-state index contributed by atoms with van der Waals surface area (Å²) in [7, 11) is 0. The van der Waals surface area contributed by atoms with Crippen LogP contribution in [0.2, 0.25) is 0 Å². The van der Waals surface area contributed by atoms with Crippen molar-refractivity contribution in [2.45, 2.75) is 45.4 Å². The molecular formula is C17H22N2O. The molecule has 0 bridgehead atoms. The topological polar surface area (TPSA) is 48.9 Å². The average molecular weight is 270 g/mol. The molecule has 3 nitrogen and oxygen atoms in total. The van der Waals surface area contributed by atoms with Crippen LogP contribution in [-0.4, -0.2) is 15.3 Å². The maximum Gasteiger partial charge on any atom is 0.125 e. The molecule has 3 heteroatoms. The van der Waals surface area contributed by atoms with Crippen molar-refractivity contribution in [1.82, 2.24) is 10.2 Å². The maximum atomic E-state index is 10.1. The van der Waals surface area contributed by atoms with E-state index in [1.807, 2.05) is 18.2 Å². The zero-order chi connectivity index (χ0) is 14.3. The first kappa shape index (κ1) is 13.2. The molecule has 0 saturated carbocycles. The highest BCUT2D eigenvalue weighted by Crippen LogP contribution is 2.45. The number of benzene rings is 1. The summed E-state index contributed by atoms with van der Waals surface area (Å²) < 4.78 is 0. The summed E-state index contributed by atoms with van der Waals surface area (Å²) in [6.45, 7) is 6.80. The summed E-state index contributed by atoms with van der Waals surface area (Å²) in [5, 5.41) is 17.9. The number of fused-ring (bicyclic) bond motifs is 1. The van der Waals surface area contributed by atoms with Crippen molar-refractivity contribution >= 4 is 0 Å². The van der Waals surface area contributed by atoms with E-state index in [0.29, 0.717) is 23.5 Å². The zero-order valence-electron chi connectivity index (χ0n) is 12.4. The molecule has 1 aliphatic carbocycles. The van der Waals surface area contributed by atoms with Crippen molar-refractivity contribution in [2.24, 2.45) is 5.92 Å². The van der Waals surface area contributed by atoms with Gasteiger partial charge < -0.3 is 5.11 Å². The van der Waals surface area contributed by atoms with Crippen LogP contribution in [0.3, 0.4) is 0 Å². The largest absolute Gasteiger partial charge is 0.507 e. The highest BCUT2D eigenvalue weighted by molar-refractivity contribution is 5.71. The molecule has 1 aromatic carbocycles. The van der Waals surface area contributed by atoms with Crippen molar-refractivity contribution in [3.63, 3.8) is 0 Å². The summed E-state index contributed by atoms with van der Waals surface area (Å²) >= 11 is 0. The number of para-hydroxylation sites is 1. The van der Waals surface area contributed by atoms with Gasteiger partial charge in [-0.25, -0.2) is 0 Å². The normalized spacial score (nSPS) is 22.0. The third-order valence-electron chi connectivity index (χ3n) is 4.57. The number of hydrogen-bond donors (Lipinski definition) is 2. The molecule has 20 heavy (non-hydrogen) atoms. The molecule has 0 spiro atoms. The van der Waals surface area contributed by atoms with Gasteiger partial charge in [-0.15, -0.1) is 0 Å². The molecule has 0 unspecified atom stereocenters. The Kier molecular flexibility index (Phi) is 3.28. The Balaban J connectivity index is 2.14. The minimum Gasteiger partial charge on any atom is -0.507 e. The zero-order valence-corrected chi connectivity index (χ0v) is 12.4. The number of nitrogens with one attached hydrogen (secondary N) is 1. The van der Waals surface area contributed by atoms with Gasteiger partial charge in [-0.05, 0) is 36.8 Å². The lowest BCUT2D eigenvalue weighted by Crippen LogP contribution is -2.16. The highest BCUT2D eigenvalue weighted by Gasteiger charge is 2.32. The fourth-order valence-electron chi connectivity index (χ4n) is 3.41. The van der Waals surface area contributed by atoms with Gasteiger partial charge in [-0.1, -0.05) is 32.9 Å². The van der Waals surface area contributed by atoms with Gasteiger partial charge in [-0.3, -0.25) is 5.10 Å². The number of aromatic hydroxyl groups is 1. The molecule has 0 aliphatic heterocycles. The lowest BCUT2D eigenvalue weighted by atomic mass is 9.75. The molecule has 0 amide bonds. The second kappa shape index (κ2) is 4.97.